The third-order valence-corrected chi connectivity index (χ3v) is 7.64. The van der Waals surface area contributed by atoms with Crippen molar-refractivity contribution in [2.24, 2.45) is 0 Å². The maximum atomic E-state index is 13.2. The standard InChI is InChI=1S/C25H32N2O3S2/c1-17-6-4-5-7-20(17)22-14-18(15-27-12-10-19(16-27)32-3)8-9-21(22)24(28)26-23(25(29)30)11-13-31-2/h4-9,14,19,23H,10-13,15-16H2,1-3H3,(H,26,28)(H,29,30). The summed E-state index contributed by atoms with van der Waals surface area (Å²) in [5, 5.41) is 13.0. The van der Waals surface area contributed by atoms with E-state index in [1.807, 2.05) is 61.3 Å². The van der Waals surface area contributed by atoms with Crippen LogP contribution in [-0.2, 0) is 11.3 Å². The largest absolute Gasteiger partial charge is 0.480 e. The molecule has 2 atom stereocenters. The van der Waals surface area contributed by atoms with Crippen LogP contribution in [0.5, 0.6) is 0 Å². The summed E-state index contributed by atoms with van der Waals surface area (Å²) in [6, 6.07) is 13.1. The van der Waals surface area contributed by atoms with Gasteiger partial charge in [0.1, 0.15) is 6.04 Å². The summed E-state index contributed by atoms with van der Waals surface area (Å²) >= 11 is 3.49. The van der Waals surface area contributed by atoms with E-state index in [1.165, 1.54) is 12.0 Å². The highest BCUT2D eigenvalue weighted by Crippen LogP contribution is 2.30. The fraction of sp³-hybridized carbons (Fsp3) is 0.440. The monoisotopic (exact) mass is 472 g/mol. The topological polar surface area (TPSA) is 69.6 Å². The van der Waals surface area contributed by atoms with Gasteiger partial charge in [0.05, 0.1) is 0 Å². The zero-order chi connectivity index (χ0) is 23.1. The van der Waals surface area contributed by atoms with Crippen molar-refractivity contribution < 1.29 is 14.7 Å². The number of amides is 1. The zero-order valence-electron chi connectivity index (χ0n) is 19.0. The maximum absolute atomic E-state index is 13.2. The average molecular weight is 473 g/mol. The number of carboxylic acid groups (broad SMARTS) is 1. The Balaban J connectivity index is 1.90. The van der Waals surface area contributed by atoms with Crippen LogP contribution in [0.4, 0.5) is 0 Å². The molecule has 0 spiro atoms. The first kappa shape index (κ1) is 24.7. The number of hydrogen-bond donors (Lipinski definition) is 2. The van der Waals surface area contributed by atoms with Crippen LogP contribution in [0.15, 0.2) is 42.5 Å². The summed E-state index contributed by atoms with van der Waals surface area (Å²) < 4.78 is 0. The van der Waals surface area contributed by atoms with Crippen molar-refractivity contribution >= 4 is 35.4 Å². The summed E-state index contributed by atoms with van der Waals surface area (Å²) in [5.74, 6) is -0.668. The van der Waals surface area contributed by atoms with E-state index in [0.717, 1.165) is 36.3 Å². The van der Waals surface area contributed by atoms with Crippen molar-refractivity contribution in [2.75, 3.05) is 31.4 Å². The van der Waals surface area contributed by atoms with Crippen LogP contribution >= 0.6 is 23.5 Å². The number of likely N-dealkylation sites (tertiary alicyclic amines) is 1. The molecular formula is C25H32N2O3S2. The van der Waals surface area contributed by atoms with Crippen LogP contribution in [0, 0.1) is 6.92 Å². The summed E-state index contributed by atoms with van der Waals surface area (Å²) in [5.41, 5.74) is 4.62. The lowest BCUT2D eigenvalue weighted by atomic mass is 9.93. The molecule has 2 N–H and O–H groups in total. The Hall–Kier alpha value is -1.96. The Labute approximate surface area is 199 Å². The van der Waals surface area contributed by atoms with Gasteiger partial charge in [0.15, 0.2) is 0 Å². The Morgan fingerprint density at radius 3 is 2.62 bits per heavy atom. The molecule has 0 aliphatic carbocycles. The minimum Gasteiger partial charge on any atom is -0.480 e. The molecule has 1 aliphatic heterocycles. The highest BCUT2D eigenvalue weighted by molar-refractivity contribution is 7.99. The normalized spacial score (nSPS) is 17.3. The van der Waals surface area contributed by atoms with E-state index < -0.39 is 12.0 Å². The van der Waals surface area contributed by atoms with Crippen molar-refractivity contribution in [1.82, 2.24) is 10.2 Å². The van der Waals surface area contributed by atoms with E-state index >= 15 is 0 Å². The third kappa shape index (κ3) is 6.30. The molecule has 3 rings (SSSR count). The van der Waals surface area contributed by atoms with E-state index in [4.69, 9.17) is 0 Å². The quantitative estimate of drug-likeness (QED) is 0.529. The number of carbonyl (C=O) groups is 2. The minimum atomic E-state index is -1.00. The number of aryl methyl sites for hydroxylation is 1. The first-order valence-electron chi connectivity index (χ1n) is 10.9. The molecule has 172 valence electrons. The van der Waals surface area contributed by atoms with Crippen LogP contribution in [0.3, 0.4) is 0 Å². The van der Waals surface area contributed by atoms with Crippen LogP contribution in [0.1, 0.15) is 34.3 Å². The Morgan fingerprint density at radius 1 is 1.19 bits per heavy atom. The van der Waals surface area contributed by atoms with Gasteiger partial charge < -0.3 is 10.4 Å². The van der Waals surface area contributed by atoms with Gasteiger partial charge in [-0.15, -0.1) is 0 Å². The number of thioether (sulfide) groups is 2. The Bertz CT molecular complexity index is 951. The fourth-order valence-corrected chi connectivity index (χ4v) is 5.28. The van der Waals surface area contributed by atoms with Crippen LogP contribution < -0.4 is 5.32 Å². The molecule has 0 aromatic heterocycles. The lowest BCUT2D eigenvalue weighted by molar-refractivity contribution is -0.139. The molecule has 2 unspecified atom stereocenters. The van der Waals surface area contributed by atoms with Crippen molar-refractivity contribution in [3.63, 3.8) is 0 Å². The highest BCUT2D eigenvalue weighted by atomic mass is 32.2. The molecule has 1 heterocycles. The summed E-state index contributed by atoms with van der Waals surface area (Å²) in [4.78, 5) is 27.3. The molecule has 1 fully saturated rings. The predicted molar refractivity (Wildman–Crippen MR) is 136 cm³/mol. The van der Waals surface area contributed by atoms with E-state index in [2.05, 4.69) is 22.5 Å². The molecule has 7 heteroatoms. The second-order valence-corrected chi connectivity index (χ2v) is 10.3. The maximum Gasteiger partial charge on any atom is 0.326 e. The molecule has 1 aliphatic rings. The van der Waals surface area contributed by atoms with Crippen molar-refractivity contribution in [3.05, 3.63) is 59.2 Å². The molecule has 0 bridgehead atoms. The molecule has 1 amide bonds. The highest BCUT2D eigenvalue weighted by Gasteiger charge is 2.24. The van der Waals surface area contributed by atoms with E-state index in [-0.39, 0.29) is 5.91 Å². The molecule has 1 saturated heterocycles. The molecular weight excluding hydrogens is 440 g/mol. The van der Waals surface area contributed by atoms with Gasteiger partial charge in [-0.1, -0.05) is 30.3 Å². The summed E-state index contributed by atoms with van der Waals surface area (Å²) in [6.45, 7) is 5.05. The van der Waals surface area contributed by atoms with Crippen molar-refractivity contribution in [2.45, 2.75) is 37.6 Å². The van der Waals surface area contributed by atoms with E-state index in [0.29, 0.717) is 23.0 Å². The smallest absolute Gasteiger partial charge is 0.326 e. The molecule has 5 nitrogen and oxygen atoms in total. The molecule has 2 aromatic carbocycles. The molecule has 32 heavy (non-hydrogen) atoms. The van der Waals surface area contributed by atoms with Gasteiger partial charge in [-0.25, -0.2) is 4.79 Å². The van der Waals surface area contributed by atoms with Crippen molar-refractivity contribution in [3.8, 4) is 11.1 Å². The van der Waals surface area contributed by atoms with Gasteiger partial charge in [0, 0.05) is 23.9 Å². The average Bonchev–Trinajstić information content (AvgIpc) is 3.24. The van der Waals surface area contributed by atoms with Gasteiger partial charge in [-0.3, -0.25) is 9.69 Å². The summed E-state index contributed by atoms with van der Waals surface area (Å²) in [7, 11) is 0. The number of carbonyl (C=O) groups excluding carboxylic acids is 1. The number of aliphatic carboxylic acids is 1. The number of carboxylic acids is 1. The van der Waals surface area contributed by atoms with E-state index in [1.54, 1.807) is 11.8 Å². The SMILES string of the molecule is CSCCC(NC(=O)c1ccc(CN2CCC(SC)C2)cc1-c1ccccc1C)C(=O)O. The van der Waals surface area contributed by atoms with E-state index in [9.17, 15) is 14.7 Å². The predicted octanol–water partition coefficient (Wildman–Crippen LogP) is 4.54. The zero-order valence-corrected chi connectivity index (χ0v) is 20.6. The number of rotatable bonds is 10. The lowest BCUT2D eigenvalue weighted by Crippen LogP contribution is -2.41. The molecule has 0 radical (unpaired) electrons. The van der Waals surface area contributed by atoms with Crippen LogP contribution in [0.25, 0.3) is 11.1 Å². The molecule has 2 aromatic rings. The number of benzene rings is 2. The lowest BCUT2D eigenvalue weighted by Gasteiger charge is -2.19. The number of hydrogen-bond acceptors (Lipinski definition) is 5. The van der Waals surface area contributed by atoms with Gasteiger partial charge >= 0.3 is 5.97 Å². The summed E-state index contributed by atoms with van der Waals surface area (Å²) in [6.07, 6.45) is 5.70. The van der Waals surface area contributed by atoms with Crippen molar-refractivity contribution in [1.29, 1.82) is 0 Å². The minimum absolute atomic E-state index is 0.341. The first-order chi connectivity index (χ1) is 15.4. The third-order valence-electron chi connectivity index (χ3n) is 5.95. The van der Waals surface area contributed by atoms with Crippen LogP contribution in [-0.4, -0.2) is 64.5 Å². The van der Waals surface area contributed by atoms with Crippen LogP contribution in [0.2, 0.25) is 0 Å². The second-order valence-electron chi connectivity index (χ2n) is 8.22. The number of nitrogens with zero attached hydrogens (tertiary/aromatic N) is 1. The Morgan fingerprint density at radius 2 is 1.97 bits per heavy atom. The van der Waals surface area contributed by atoms with Gasteiger partial charge in [0.2, 0.25) is 0 Å². The fourth-order valence-electron chi connectivity index (χ4n) is 4.11. The number of nitrogens with one attached hydrogen (secondary N) is 1. The van der Waals surface area contributed by atoms with Gasteiger partial charge in [-0.2, -0.15) is 23.5 Å². The van der Waals surface area contributed by atoms with Gasteiger partial charge in [0.25, 0.3) is 5.91 Å². The Kier molecular flexibility index (Phi) is 9.08. The second kappa shape index (κ2) is 11.8. The first-order valence-corrected chi connectivity index (χ1v) is 13.6. The van der Waals surface area contributed by atoms with Gasteiger partial charge in [-0.05, 0) is 79.0 Å². The molecule has 0 saturated carbocycles.